The Morgan fingerprint density at radius 2 is 1.25 bits per heavy atom. The van der Waals surface area contributed by atoms with E-state index < -0.39 is 5.60 Å². The maximum absolute atomic E-state index is 11.2. The fourth-order valence-electron chi connectivity index (χ4n) is 2.34. The molecule has 0 spiro atoms. The van der Waals surface area contributed by atoms with Crippen LogP contribution in [0.15, 0.2) is 73.3 Å². The van der Waals surface area contributed by atoms with Gasteiger partial charge < -0.3 is 9.67 Å². The average Bonchev–Trinajstić information content (AvgIpc) is 3.02. The summed E-state index contributed by atoms with van der Waals surface area (Å²) in [6, 6.07) is 19.3. The molecule has 3 rings (SSSR count). The van der Waals surface area contributed by atoms with Gasteiger partial charge in [0.25, 0.3) is 0 Å². The largest absolute Gasteiger partial charge is 0.378 e. The third kappa shape index (κ3) is 2.33. The van der Waals surface area contributed by atoms with Crippen LogP contribution in [0.2, 0.25) is 0 Å². The molecule has 0 amide bonds. The van der Waals surface area contributed by atoms with E-state index in [4.69, 9.17) is 0 Å². The molecule has 0 saturated carbocycles. The molecule has 4 nitrogen and oxygen atoms in total. The number of hydrogen-bond donors (Lipinski definition) is 1. The van der Waals surface area contributed by atoms with Crippen LogP contribution in [0.25, 0.3) is 0 Å². The Morgan fingerprint density at radius 1 is 0.800 bits per heavy atom. The standard InChI is InChI=1S/C16H15N3O/c20-16(11-19-12-17-18-13-19,14-7-3-1-4-8-14)15-9-5-2-6-10-15/h1-10,12-13,20H,11H2. The molecule has 1 aromatic heterocycles. The second-order valence-corrected chi connectivity index (χ2v) is 4.73. The number of benzene rings is 2. The fraction of sp³-hybridized carbons (Fsp3) is 0.125. The first-order valence-corrected chi connectivity index (χ1v) is 6.45. The summed E-state index contributed by atoms with van der Waals surface area (Å²) in [6.07, 6.45) is 3.22. The van der Waals surface area contributed by atoms with E-state index in [1.165, 1.54) is 0 Å². The molecule has 0 aliphatic heterocycles. The first kappa shape index (κ1) is 12.6. The van der Waals surface area contributed by atoms with Gasteiger partial charge in [0.15, 0.2) is 0 Å². The lowest BCUT2D eigenvalue weighted by molar-refractivity contribution is 0.0611. The molecule has 0 aliphatic carbocycles. The molecule has 4 heteroatoms. The van der Waals surface area contributed by atoms with Gasteiger partial charge in [-0.05, 0) is 11.1 Å². The van der Waals surface area contributed by atoms with Crippen LogP contribution >= 0.6 is 0 Å². The van der Waals surface area contributed by atoms with Crippen LogP contribution in [0, 0.1) is 0 Å². The van der Waals surface area contributed by atoms with E-state index >= 15 is 0 Å². The smallest absolute Gasteiger partial charge is 0.132 e. The van der Waals surface area contributed by atoms with E-state index in [-0.39, 0.29) is 0 Å². The first-order valence-electron chi connectivity index (χ1n) is 6.45. The molecule has 20 heavy (non-hydrogen) atoms. The molecule has 2 aromatic carbocycles. The van der Waals surface area contributed by atoms with Crippen molar-refractivity contribution in [2.75, 3.05) is 0 Å². The highest BCUT2D eigenvalue weighted by atomic mass is 16.3. The van der Waals surface area contributed by atoms with Crippen LogP contribution < -0.4 is 0 Å². The van der Waals surface area contributed by atoms with E-state index in [2.05, 4.69) is 10.2 Å². The molecule has 3 aromatic rings. The highest BCUT2D eigenvalue weighted by Crippen LogP contribution is 2.31. The fourth-order valence-corrected chi connectivity index (χ4v) is 2.34. The van der Waals surface area contributed by atoms with Gasteiger partial charge in [-0.25, -0.2) is 0 Å². The Hall–Kier alpha value is -2.46. The van der Waals surface area contributed by atoms with Crippen LogP contribution in [-0.2, 0) is 12.1 Å². The van der Waals surface area contributed by atoms with Gasteiger partial charge in [-0.15, -0.1) is 10.2 Å². The van der Waals surface area contributed by atoms with Crippen LogP contribution in [-0.4, -0.2) is 19.9 Å². The first-order chi connectivity index (χ1) is 9.79. The normalized spacial score (nSPS) is 11.4. The predicted molar refractivity (Wildman–Crippen MR) is 75.9 cm³/mol. The van der Waals surface area contributed by atoms with Crippen molar-refractivity contribution < 1.29 is 5.11 Å². The monoisotopic (exact) mass is 265 g/mol. The SMILES string of the molecule is OC(Cn1cnnc1)(c1ccccc1)c1ccccc1. The summed E-state index contributed by atoms with van der Waals surface area (Å²) >= 11 is 0. The zero-order valence-electron chi connectivity index (χ0n) is 10.9. The van der Waals surface area contributed by atoms with Gasteiger partial charge in [-0.2, -0.15) is 0 Å². The van der Waals surface area contributed by atoms with E-state index in [0.717, 1.165) is 11.1 Å². The molecule has 100 valence electrons. The number of aromatic nitrogens is 3. The van der Waals surface area contributed by atoms with Crippen molar-refractivity contribution >= 4 is 0 Å². The second kappa shape index (κ2) is 5.27. The van der Waals surface area contributed by atoms with Crippen LogP contribution in [0.3, 0.4) is 0 Å². The zero-order chi connectivity index (χ0) is 13.8. The minimum Gasteiger partial charge on any atom is -0.378 e. The molecule has 0 atom stereocenters. The summed E-state index contributed by atoms with van der Waals surface area (Å²) in [5.41, 5.74) is 0.588. The quantitative estimate of drug-likeness (QED) is 0.787. The summed E-state index contributed by atoms with van der Waals surface area (Å²) in [5.74, 6) is 0. The van der Waals surface area contributed by atoms with Crippen molar-refractivity contribution in [1.29, 1.82) is 0 Å². The molecule has 0 fully saturated rings. The van der Waals surface area contributed by atoms with Gasteiger partial charge in [-0.1, -0.05) is 60.7 Å². The Labute approximate surface area is 117 Å². The summed E-state index contributed by atoms with van der Waals surface area (Å²) in [6.45, 7) is 0.369. The van der Waals surface area contributed by atoms with Crippen molar-refractivity contribution in [3.8, 4) is 0 Å². The Morgan fingerprint density at radius 3 is 1.70 bits per heavy atom. The molecule has 0 unspecified atom stereocenters. The average molecular weight is 265 g/mol. The van der Waals surface area contributed by atoms with Gasteiger partial charge in [0.05, 0.1) is 6.54 Å². The van der Waals surface area contributed by atoms with E-state index in [1.54, 1.807) is 17.2 Å². The molecular weight excluding hydrogens is 250 g/mol. The van der Waals surface area contributed by atoms with Gasteiger partial charge in [0.1, 0.15) is 18.3 Å². The van der Waals surface area contributed by atoms with Crippen LogP contribution in [0.4, 0.5) is 0 Å². The maximum Gasteiger partial charge on any atom is 0.132 e. The van der Waals surface area contributed by atoms with Crippen LogP contribution in [0.5, 0.6) is 0 Å². The number of hydrogen-bond acceptors (Lipinski definition) is 3. The van der Waals surface area contributed by atoms with Crippen molar-refractivity contribution in [2.45, 2.75) is 12.1 Å². The molecule has 0 radical (unpaired) electrons. The van der Waals surface area contributed by atoms with Gasteiger partial charge in [0.2, 0.25) is 0 Å². The predicted octanol–water partition coefficient (Wildman–Crippen LogP) is 2.21. The summed E-state index contributed by atoms with van der Waals surface area (Å²) < 4.78 is 1.78. The topological polar surface area (TPSA) is 50.9 Å². The zero-order valence-corrected chi connectivity index (χ0v) is 10.9. The molecule has 0 bridgehead atoms. The Kier molecular flexibility index (Phi) is 3.31. The van der Waals surface area contributed by atoms with Crippen molar-refractivity contribution in [2.24, 2.45) is 0 Å². The van der Waals surface area contributed by atoms with Crippen molar-refractivity contribution in [3.05, 3.63) is 84.4 Å². The third-order valence-electron chi connectivity index (χ3n) is 3.38. The minimum atomic E-state index is -1.11. The van der Waals surface area contributed by atoms with Gasteiger partial charge in [-0.3, -0.25) is 0 Å². The van der Waals surface area contributed by atoms with Crippen LogP contribution in [0.1, 0.15) is 11.1 Å². The maximum atomic E-state index is 11.2. The molecule has 0 saturated heterocycles. The third-order valence-corrected chi connectivity index (χ3v) is 3.38. The molecule has 0 aliphatic rings. The van der Waals surface area contributed by atoms with Crippen molar-refractivity contribution in [3.63, 3.8) is 0 Å². The van der Waals surface area contributed by atoms with Gasteiger partial charge >= 0.3 is 0 Å². The summed E-state index contributed by atoms with van der Waals surface area (Å²) in [4.78, 5) is 0. The number of aliphatic hydroxyl groups is 1. The Balaban J connectivity index is 2.08. The van der Waals surface area contributed by atoms with E-state index in [0.29, 0.717) is 6.54 Å². The minimum absolute atomic E-state index is 0.369. The number of rotatable bonds is 4. The lowest BCUT2D eigenvalue weighted by Crippen LogP contribution is -2.32. The highest BCUT2D eigenvalue weighted by Gasteiger charge is 2.31. The van der Waals surface area contributed by atoms with Gasteiger partial charge in [0, 0.05) is 0 Å². The lowest BCUT2D eigenvalue weighted by Gasteiger charge is -2.29. The molecule has 1 N–H and O–H groups in total. The van der Waals surface area contributed by atoms with Crippen molar-refractivity contribution in [1.82, 2.24) is 14.8 Å². The summed E-state index contributed by atoms with van der Waals surface area (Å²) in [5, 5.41) is 18.8. The Bertz CT molecular complexity index is 611. The van der Waals surface area contributed by atoms with E-state index in [9.17, 15) is 5.11 Å². The summed E-state index contributed by atoms with van der Waals surface area (Å²) in [7, 11) is 0. The molecular formula is C16H15N3O. The second-order valence-electron chi connectivity index (χ2n) is 4.73. The highest BCUT2D eigenvalue weighted by molar-refractivity contribution is 5.35. The molecule has 1 heterocycles. The van der Waals surface area contributed by atoms with E-state index in [1.807, 2.05) is 60.7 Å². The number of nitrogens with zero attached hydrogens (tertiary/aromatic N) is 3. The lowest BCUT2D eigenvalue weighted by atomic mass is 9.86.